The summed E-state index contributed by atoms with van der Waals surface area (Å²) in [7, 11) is 0. The van der Waals surface area contributed by atoms with Crippen LogP contribution in [0.1, 0.15) is 126 Å². The summed E-state index contributed by atoms with van der Waals surface area (Å²) in [6, 6.07) is 15.7. The van der Waals surface area contributed by atoms with Gasteiger partial charge in [0.2, 0.25) is 11.5 Å². The summed E-state index contributed by atoms with van der Waals surface area (Å²) in [5.74, 6) is -9.19. The van der Waals surface area contributed by atoms with E-state index in [4.69, 9.17) is 44.8 Å². The lowest BCUT2D eigenvalue weighted by Crippen LogP contribution is -2.82. The maximum atomic E-state index is 15.9. The second-order valence-electron chi connectivity index (χ2n) is 22.8. The Morgan fingerprint density at radius 3 is 2.13 bits per heavy atom. The lowest BCUT2D eigenvalue weighted by atomic mass is 9.44. The van der Waals surface area contributed by atoms with Crippen LogP contribution in [0.5, 0.6) is 0 Å². The number of nitrogens with zero attached hydrogens (tertiary/aromatic N) is 1. The molecular weight excluding hydrogens is 1050 g/mol. The zero-order valence-corrected chi connectivity index (χ0v) is 45.7. The Bertz CT molecular complexity index is 3260. The summed E-state index contributed by atoms with van der Waals surface area (Å²) in [4.78, 5) is 115. The van der Waals surface area contributed by atoms with Gasteiger partial charge in [-0.2, -0.15) is 0 Å². The van der Waals surface area contributed by atoms with Gasteiger partial charge >= 0.3 is 35.9 Å². The topological polar surface area (TPSA) is 259 Å². The minimum absolute atomic E-state index is 0.000144. The highest BCUT2D eigenvalue weighted by Crippen LogP contribution is 2.64. The van der Waals surface area contributed by atoms with Gasteiger partial charge < -0.3 is 53.3 Å². The standard InChI is InChI=1S/C58H62ClFN2O17/c1-28-39(75-52(70)46(43(31-16-12-10-13-17-31)61-53(71)79-54(4,5)6)76-51(69)35-26-62(33-20-21-33)38-23-36(59)37(60)22-34(38)44(35)66)25-58(72)49(77-50(68)32-18-14-11-15-19-32)47-56(9,40(65)24-41-57(47,27-73-41)78-30(3)64)48(67)45(74-29(2)63)42(28)55(58,7)8/h10-19,22-23,26,33,39-41,43,45-47,49,65,72H,20-21,24-25,27H2,1-9H3,(H,61,71)/t39-,40-,41+,43-,45+,46+,47-,49-,56+,57-,58+/m0/s1. The number of pyridine rings is 1. The number of rotatable bonds is 12. The van der Waals surface area contributed by atoms with Gasteiger partial charge in [0, 0.05) is 49.7 Å². The van der Waals surface area contributed by atoms with Gasteiger partial charge in [-0.3, -0.25) is 19.2 Å². The number of carbonyl (C=O) groups excluding carboxylic acids is 7. The van der Waals surface area contributed by atoms with Crippen LogP contribution in [0, 0.1) is 22.6 Å². The third kappa shape index (κ3) is 9.98. The van der Waals surface area contributed by atoms with Gasteiger partial charge in [0.15, 0.2) is 17.5 Å². The average Bonchev–Trinajstić information content (AvgIpc) is 4.10. The first kappa shape index (κ1) is 56.7. The number of ketones is 1. The molecule has 0 radical (unpaired) electrons. The van der Waals surface area contributed by atoms with E-state index in [0.29, 0.717) is 12.8 Å². The van der Waals surface area contributed by atoms with Crippen LogP contribution >= 0.6 is 11.6 Å². The third-order valence-electron chi connectivity index (χ3n) is 16.3. The van der Waals surface area contributed by atoms with E-state index in [0.717, 1.165) is 19.9 Å². The molecule has 4 fully saturated rings. The molecule has 420 valence electrons. The summed E-state index contributed by atoms with van der Waals surface area (Å²) >= 11 is 6.16. The van der Waals surface area contributed by atoms with Crippen LogP contribution < -0.4 is 10.7 Å². The molecule has 0 spiro atoms. The number of hydrogen-bond donors (Lipinski definition) is 3. The quantitative estimate of drug-likeness (QED) is 0.0723. The van der Waals surface area contributed by atoms with Crippen LogP contribution in [-0.4, -0.2) is 117 Å². The number of esters is 5. The number of aromatic nitrogens is 1. The molecule has 4 aromatic rings. The molecule has 9 rings (SSSR count). The van der Waals surface area contributed by atoms with Gasteiger partial charge in [-0.25, -0.2) is 23.6 Å². The van der Waals surface area contributed by atoms with Gasteiger partial charge in [-0.1, -0.05) is 74.0 Å². The molecule has 1 aliphatic heterocycles. The van der Waals surface area contributed by atoms with Gasteiger partial charge in [-0.05, 0) is 88.4 Å². The number of amides is 1. The highest BCUT2D eigenvalue weighted by atomic mass is 35.5. The zero-order valence-electron chi connectivity index (χ0n) is 45.0. The highest BCUT2D eigenvalue weighted by Gasteiger charge is 2.78. The highest BCUT2D eigenvalue weighted by molar-refractivity contribution is 6.31. The van der Waals surface area contributed by atoms with Crippen molar-refractivity contribution in [2.24, 2.45) is 16.7 Å². The Hall–Kier alpha value is -7.00. The van der Waals surface area contributed by atoms with Gasteiger partial charge in [-0.15, -0.1) is 0 Å². The number of alkyl carbamates (subject to hydrolysis) is 1. The van der Waals surface area contributed by atoms with Crippen molar-refractivity contribution in [3.8, 4) is 0 Å². The van der Waals surface area contributed by atoms with Crippen LogP contribution in [0.3, 0.4) is 0 Å². The van der Waals surface area contributed by atoms with Crippen LogP contribution in [0.4, 0.5) is 9.18 Å². The molecule has 1 aromatic heterocycles. The number of ether oxygens (including phenoxy) is 7. The Morgan fingerprint density at radius 1 is 0.899 bits per heavy atom. The lowest BCUT2D eigenvalue weighted by molar-refractivity contribution is -0.346. The van der Waals surface area contributed by atoms with Crippen molar-refractivity contribution in [1.29, 1.82) is 0 Å². The van der Waals surface area contributed by atoms with Crippen molar-refractivity contribution in [2.75, 3.05) is 6.61 Å². The molecule has 3 saturated carbocycles. The van der Waals surface area contributed by atoms with E-state index in [9.17, 15) is 39.0 Å². The monoisotopic (exact) mass is 1110 g/mol. The maximum absolute atomic E-state index is 15.9. The fourth-order valence-corrected chi connectivity index (χ4v) is 12.4. The number of aliphatic hydroxyl groups excluding tert-OH is 1. The molecule has 0 unspecified atom stereocenters. The van der Waals surface area contributed by atoms with Crippen molar-refractivity contribution in [3.63, 3.8) is 0 Å². The van der Waals surface area contributed by atoms with E-state index < -0.39 is 148 Å². The van der Waals surface area contributed by atoms with Gasteiger partial charge in [0.25, 0.3) is 0 Å². The van der Waals surface area contributed by atoms with Crippen LogP contribution in [0.25, 0.3) is 10.9 Å². The number of hydrogen-bond acceptors (Lipinski definition) is 17. The zero-order chi connectivity index (χ0) is 57.5. The fraction of sp³-hybridized carbons (Fsp3) is 0.483. The maximum Gasteiger partial charge on any atom is 0.408 e. The summed E-state index contributed by atoms with van der Waals surface area (Å²) in [6.45, 7) is 12.3. The molecule has 79 heavy (non-hydrogen) atoms. The second-order valence-corrected chi connectivity index (χ2v) is 23.2. The smallest absolute Gasteiger partial charge is 0.408 e. The minimum Gasteiger partial charge on any atom is -0.455 e. The summed E-state index contributed by atoms with van der Waals surface area (Å²) in [6.07, 6.45) is -10.2. The molecule has 19 nitrogen and oxygen atoms in total. The Balaban J connectivity index is 1.23. The Morgan fingerprint density at radius 2 is 1.54 bits per heavy atom. The third-order valence-corrected chi connectivity index (χ3v) is 16.6. The first-order valence-electron chi connectivity index (χ1n) is 25.9. The van der Waals surface area contributed by atoms with E-state index in [1.165, 1.54) is 64.2 Å². The molecule has 1 amide bonds. The molecule has 21 heteroatoms. The number of fused-ring (bicyclic) bond motifs is 6. The number of aliphatic hydroxyl groups is 2. The van der Waals surface area contributed by atoms with Crippen LogP contribution in [-0.2, 0) is 52.3 Å². The van der Waals surface area contributed by atoms with Gasteiger partial charge in [0.05, 0.1) is 40.1 Å². The molecule has 5 aliphatic rings. The van der Waals surface area contributed by atoms with Crippen molar-refractivity contribution in [2.45, 2.75) is 154 Å². The number of benzene rings is 3. The number of halogens is 2. The molecule has 3 aromatic carbocycles. The number of carbonyl (C=O) groups is 7. The first-order chi connectivity index (χ1) is 37.0. The van der Waals surface area contributed by atoms with Gasteiger partial charge in [0.1, 0.15) is 46.9 Å². The molecule has 3 N–H and O–H groups in total. The predicted molar refractivity (Wildman–Crippen MR) is 278 cm³/mol. The Kier molecular flexibility index (Phi) is 14.8. The molecule has 2 heterocycles. The van der Waals surface area contributed by atoms with Crippen molar-refractivity contribution in [3.05, 3.63) is 128 Å². The minimum atomic E-state index is -2.57. The number of Topliss-reactive ketones (excluding diaryl/α,β-unsaturated/α-hetero) is 1. The van der Waals surface area contributed by atoms with Crippen molar-refractivity contribution >= 4 is 64.2 Å². The molecule has 2 bridgehead atoms. The van der Waals surface area contributed by atoms with E-state index in [-0.39, 0.29) is 50.7 Å². The van der Waals surface area contributed by atoms with E-state index in [1.54, 1.807) is 61.7 Å². The normalized spacial score (nSPS) is 28.7. The van der Waals surface area contributed by atoms with Crippen LogP contribution in [0.15, 0.2) is 94.9 Å². The summed E-state index contributed by atoms with van der Waals surface area (Å²) in [5, 5.41) is 28.5. The molecule has 4 aliphatic carbocycles. The SMILES string of the molecule is CC(=O)O[C@H]1C(=O)[C@@]2(C)[C@H]([C@H](OC(=O)c3ccccc3)[C@]3(O)C[C@H](OC(=O)[C@H](OC(=O)c4cn(C5CC5)c5cc(Cl)c(F)cc5c4=O)[C@@H](NC(=O)OC(C)(C)C)c4ccccc4)C(C)=C1C3(C)C)[C@]1(OC(C)=O)CO[C@@H]1C[C@@H]2O. The fourth-order valence-electron chi connectivity index (χ4n) is 12.2. The van der Waals surface area contributed by atoms with Crippen LogP contribution in [0.2, 0.25) is 5.02 Å². The summed E-state index contributed by atoms with van der Waals surface area (Å²) < 4.78 is 59.3. The molecular formula is C58H62ClFN2O17. The van der Waals surface area contributed by atoms with E-state index in [1.807, 2.05) is 0 Å². The van der Waals surface area contributed by atoms with Crippen molar-refractivity contribution < 1.29 is 81.3 Å². The predicted octanol–water partition coefficient (Wildman–Crippen LogP) is 7.14. The average molecular weight is 1110 g/mol. The molecule has 1 saturated heterocycles. The Labute approximate surface area is 458 Å². The van der Waals surface area contributed by atoms with Crippen molar-refractivity contribution in [1.82, 2.24) is 9.88 Å². The number of nitrogens with one attached hydrogen (secondary N) is 1. The largest absolute Gasteiger partial charge is 0.455 e. The van der Waals surface area contributed by atoms with E-state index in [2.05, 4.69) is 5.32 Å². The van der Waals surface area contributed by atoms with E-state index >= 15 is 14.0 Å². The lowest BCUT2D eigenvalue weighted by Gasteiger charge is -2.67. The summed E-state index contributed by atoms with van der Waals surface area (Å²) in [5.41, 5.74) is -10.8. The first-order valence-corrected chi connectivity index (χ1v) is 26.3. The molecule has 11 atom stereocenters. The second kappa shape index (κ2) is 20.6.